The summed E-state index contributed by atoms with van der Waals surface area (Å²) in [6.45, 7) is 3.78. The third-order valence-corrected chi connectivity index (χ3v) is 4.24. The van der Waals surface area contributed by atoms with Crippen molar-refractivity contribution in [3.63, 3.8) is 0 Å². The van der Waals surface area contributed by atoms with Crippen LogP contribution < -0.4 is 10.5 Å². The highest BCUT2D eigenvalue weighted by atomic mass is 35.5. The summed E-state index contributed by atoms with van der Waals surface area (Å²) in [6.07, 6.45) is 1.07. The lowest BCUT2D eigenvalue weighted by atomic mass is 9.98. The van der Waals surface area contributed by atoms with Crippen molar-refractivity contribution < 1.29 is 4.74 Å². The second kappa shape index (κ2) is 5.47. The van der Waals surface area contributed by atoms with E-state index in [0.29, 0.717) is 12.0 Å². The van der Waals surface area contributed by atoms with Crippen LogP contribution in [0.25, 0.3) is 0 Å². The van der Waals surface area contributed by atoms with Gasteiger partial charge in [-0.2, -0.15) is 0 Å². The second-order valence-electron chi connectivity index (χ2n) is 5.11. The zero-order chi connectivity index (χ0) is 13.3. The van der Waals surface area contributed by atoms with Crippen LogP contribution in [0.1, 0.15) is 23.6 Å². The van der Waals surface area contributed by atoms with Crippen molar-refractivity contribution in [2.45, 2.75) is 19.4 Å². The summed E-state index contributed by atoms with van der Waals surface area (Å²) in [6, 6.07) is 4.53. The monoisotopic (exact) mass is 268 g/mol. The molecule has 2 atom stereocenters. The van der Waals surface area contributed by atoms with Crippen LogP contribution in [-0.4, -0.2) is 32.1 Å². The molecule has 3 nitrogen and oxygen atoms in total. The highest BCUT2D eigenvalue weighted by molar-refractivity contribution is 6.33. The Bertz CT molecular complexity index is 436. The number of hydrogen-bond donors (Lipinski definition) is 1. The molecular weight excluding hydrogens is 248 g/mol. The van der Waals surface area contributed by atoms with E-state index in [1.165, 1.54) is 0 Å². The van der Waals surface area contributed by atoms with E-state index < -0.39 is 0 Å². The number of nitrogens with two attached hydrogens (primary N) is 1. The third kappa shape index (κ3) is 2.35. The molecule has 0 saturated carbocycles. The fourth-order valence-corrected chi connectivity index (χ4v) is 3.23. The lowest BCUT2D eigenvalue weighted by Gasteiger charge is -2.22. The van der Waals surface area contributed by atoms with Gasteiger partial charge in [0, 0.05) is 12.6 Å². The number of aryl methyl sites for hydroxylation is 1. The number of benzene rings is 1. The Morgan fingerprint density at radius 3 is 2.78 bits per heavy atom. The van der Waals surface area contributed by atoms with Gasteiger partial charge in [-0.3, -0.25) is 4.90 Å². The van der Waals surface area contributed by atoms with E-state index in [1.807, 2.05) is 6.92 Å². The predicted octanol–water partition coefficient (Wildman–Crippen LogP) is 2.61. The smallest absolute Gasteiger partial charge is 0.140 e. The van der Waals surface area contributed by atoms with Crippen molar-refractivity contribution in [2.24, 2.45) is 11.7 Å². The molecule has 2 unspecified atom stereocenters. The van der Waals surface area contributed by atoms with Crippen LogP contribution in [0.5, 0.6) is 5.75 Å². The van der Waals surface area contributed by atoms with Gasteiger partial charge in [-0.25, -0.2) is 0 Å². The standard InChI is InChI=1S/C14H21ClN2O/c1-9-4-5-11(13(15)14(9)18-3)12-6-10(7-16)8-17(12)2/h4-5,10,12H,6-8,16H2,1-3H3. The molecule has 18 heavy (non-hydrogen) atoms. The van der Waals surface area contributed by atoms with Gasteiger partial charge in [0.1, 0.15) is 5.75 Å². The average molecular weight is 269 g/mol. The molecule has 0 spiro atoms. The molecule has 1 aliphatic rings. The minimum atomic E-state index is 0.348. The van der Waals surface area contributed by atoms with E-state index in [1.54, 1.807) is 7.11 Å². The van der Waals surface area contributed by atoms with Crippen LogP contribution in [0, 0.1) is 12.8 Å². The van der Waals surface area contributed by atoms with Crippen LogP contribution in [0.4, 0.5) is 0 Å². The summed E-state index contributed by atoms with van der Waals surface area (Å²) in [4.78, 5) is 2.33. The number of ether oxygens (including phenoxy) is 1. The van der Waals surface area contributed by atoms with Crippen molar-refractivity contribution in [2.75, 3.05) is 27.2 Å². The van der Waals surface area contributed by atoms with Crippen molar-refractivity contribution >= 4 is 11.6 Å². The molecule has 1 aromatic rings. The van der Waals surface area contributed by atoms with Gasteiger partial charge in [-0.05, 0) is 44.0 Å². The van der Waals surface area contributed by atoms with Gasteiger partial charge in [0.25, 0.3) is 0 Å². The SMILES string of the molecule is COc1c(C)ccc(C2CC(CN)CN2C)c1Cl. The summed E-state index contributed by atoms with van der Waals surface area (Å²) in [5.41, 5.74) is 7.99. The Balaban J connectivity index is 2.34. The van der Waals surface area contributed by atoms with Crippen molar-refractivity contribution in [3.8, 4) is 5.75 Å². The molecular formula is C14H21ClN2O. The topological polar surface area (TPSA) is 38.5 Å². The first-order valence-electron chi connectivity index (χ1n) is 6.31. The molecule has 1 saturated heterocycles. The van der Waals surface area contributed by atoms with Crippen LogP contribution >= 0.6 is 11.6 Å². The molecule has 0 radical (unpaired) electrons. The normalized spacial score (nSPS) is 24.5. The third-order valence-electron chi connectivity index (χ3n) is 3.86. The zero-order valence-corrected chi connectivity index (χ0v) is 12.0. The molecule has 1 aromatic carbocycles. The number of nitrogens with zero attached hydrogens (tertiary/aromatic N) is 1. The molecule has 0 amide bonds. The summed E-state index contributed by atoms with van der Waals surface area (Å²) >= 11 is 6.47. The molecule has 2 rings (SSSR count). The van der Waals surface area contributed by atoms with Crippen LogP contribution in [0.15, 0.2) is 12.1 Å². The summed E-state index contributed by atoms with van der Waals surface area (Å²) in [5.74, 6) is 1.35. The van der Waals surface area contributed by atoms with Gasteiger partial charge in [-0.1, -0.05) is 23.7 Å². The Hall–Kier alpha value is -0.770. The molecule has 100 valence electrons. The van der Waals surface area contributed by atoms with E-state index >= 15 is 0 Å². The van der Waals surface area contributed by atoms with Crippen molar-refractivity contribution in [1.82, 2.24) is 4.90 Å². The van der Waals surface area contributed by atoms with E-state index in [-0.39, 0.29) is 0 Å². The second-order valence-corrected chi connectivity index (χ2v) is 5.49. The van der Waals surface area contributed by atoms with Gasteiger partial charge in [-0.15, -0.1) is 0 Å². The van der Waals surface area contributed by atoms with Gasteiger partial charge in [0.2, 0.25) is 0 Å². The van der Waals surface area contributed by atoms with Gasteiger partial charge < -0.3 is 10.5 Å². The maximum Gasteiger partial charge on any atom is 0.140 e. The average Bonchev–Trinajstić information content (AvgIpc) is 2.71. The van der Waals surface area contributed by atoms with E-state index in [4.69, 9.17) is 22.1 Å². The van der Waals surface area contributed by atoms with Gasteiger partial charge in [0.05, 0.1) is 12.1 Å². The maximum atomic E-state index is 6.47. The Morgan fingerprint density at radius 2 is 2.22 bits per heavy atom. The molecule has 0 aliphatic carbocycles. The molecule has 1 heterocycles. The van der Waals surface area contributed by atoms with E-state index in [9.17, 15) is 0 Å². The number of likely N-dealkylation sites (tertiary alicyclic amines) is 1. The van der Waals surface area contributed by atoms with Crippen LogP contribution in [0.3, 0.4) is 0 Å². The molecule has 1 fully saturated rings. The Labute approximate surface area is 114 Å². The first-order valence-corrected chi connectivity index (χ1v) is 6.69. The quantitative estimate of drug-likeness (QED) is 0.916. The molecule has 1 aliphatic heterocycles. The Morgan fingerprint density at radius 1 is 1.50 bits per heavy atom. The molecule has 0 aromatic heterocycles. The lowest BCUT2D eigenvalue weighted by Crippen LogP contribution is -2.20. The summed E-state index contributed by atoms with van der Waals surface area (Å²) < 4.78 is 5.39. The van der Waals surface area contributed by atoms with E-state index in [0.717, 1.165) is 41.4 Å². The van der Waals surface area contributed by atoms with Crippen molar-refractivity contribution in [3.05, 3.63) is 28.3 Å². The number of rotatable bonds is 3. The number of hydrogen-bond acceptors (Lipinski definition) is 3. The van der Waals surface area contributed by atoms with Gasteiger partial charge >= 0.3 is 0 Å². The highest BCUT2D eigenvalue weighted by Gasteiger charge is 2.31. The summed E-state index contributed by atoms with van der Waals surface area (Å²) in [5, 5.41) is 0.743. The van der Waals surface area contributed by atoms with Crippen LogP contribution in [0.2, 0.25) is 5.02 Å². The minimum absolute atomic E-state index is 0.348. The zero-order valence-electron chi connectivity index (χ0n) is 11.2. The molecule has 4 heteroatoms. The molecule has 0 bridgehead atoms. The number of halogens is 1. The molecule has 2 N–H and O–H groups in total. The number of methoxy groups -OCH3 is 1. The van der Waals surface area contributed by atoms with Gasteiger partial charge in [0.15, 0.2) is 0 Å². The van der Waals surface area contributed by atoms with Crippen LogP contribution in [-0.2, 0) is 0 Å². The lowest BCUT2D eigenvalue weighted by molar-refractivity contribution is 0.312. The maximum absolute atomic E-state index is 6.47. The Kier molecular flexibility index (Phi) is 4.15. The largest absolute Gasteiger partial charge is 0.495 e. The highest BCUT2D eigenvalue weighted by Crippen LogP contribution is 2.41. The minimum Gasteiger partial charge on any atom is -0.495 e. The summed E-state index contributed by atoms with van der Waals surface area (Å²) in [7, 11) is 3.79. The fourth-order valence-electron chi connectivity index (χ4n) is 2.82. The van der Waals surface area contributed by atoms with E-state index in [2.05, 4.69) is 24.1 Å². The fraction of sp³-hybridized carbons (Fsp3) is 0.571. The first-order chi connectivity index (χ1) is 8.58. The first kappa shape index (κ1) is 13.7. The van der Waals surface area contributed by atoms with Crippen molar-refractivity contribution in [1.29, 1.82) is 0 Å². The predicted molar refractivity (Wildman–Crippen MR) is 75.3 cm³/mol.